The summed E-state index contributed by atoms with van der Waals surface area (Å²) in [5.41, 5.74) is 1.39. The fourth-order valence-corrected chi connectivity index (χ4v) is 5.11. The second kappa shape index (κ2) is 6.56. The number of nitrogens with one attached hydrogen (secondary N) is 1. The van der Waals surface area contributed by atoms with Gasteiger partial charge in [-0.1, -0.05) is 17.7 Å². The summed E-state index contributed by atoms with van der Waals surface area (Å²) in [5, 5.41) is 0.370. The summed E-state index contributed by atoms with van der Waals surface area (Å²) < 4.78 is 33.5. The number of benzene rings is 1. The molecule has 8 heteroatoms. The highest BCUT2D eigenvalue weighted by Gasteiger charge is 2.20. The molecule has 0 spiro atoms. The van der Waals surface area contributed by atoms with Gasteiger partial charge in [0.2, 0.25) is 0 Å². The Bertz CT molecular complexity index is 739. The third-order valence-corrected chi connectivity index (χ3v) is 6.88. The van der Waals surface area contributed by atoms with E-state index in [0.29, 0.717) is 26.9 Å². The number of anilines is 1. The van der Waals surface area contributed by atoms with Gasteiger partial charge in [0.1, 0.15) is 9.96 Å². The van der Waals surface area contributed by atoms with Gasteiger partial charge in [-0.2, -0.15) is 0 Å². The molecule has 114 valence electrons. The summed E-state index contributed by atoms with van der Waals surface area (Å²) in [6.07, 6.45) is 0. The molecule has 0 amide bonds. The molecule has 0 saturated carbocycles. The first-order chi connectivity index (χ1) is 9.83. The van der Waals surface area contributed by atoms with Gasteiger partial charge < -0.3 is 4.74 Å². The average molecular weight is 411 g/mol. The zero-order chi connectivity index (χ0) is 15.6. The van der Waals surface area contributed by atoms with Crippen molar-refractivity contribution in [3.63, 3.8) is 0 Å². The number of halogens is 2. The Morgan fingerprint density at radius 3 is 2.67 bits per heavy atom. The Kier molecular flexibility index (Phi) is 5.19. The lowest BCUT2D eigenvalue weighted by atomic mass is 10.2. The van der Waals surface area contributed by atoms with Gasteiger partial charge in [0.15, 0.2) is 0 Å². The molecule has 1 heterocycles. The second-order valence-electron chi connectivity index (χ2n) is 4.23. The van der Waals surface area contributed by atoms with Crippen LogP contribution < -0.4 is 9.46 Å². The lowest BCUT2D eigenvalue weighted by Crippen LogP contribution is -2.12. The fraction of sp³-hybridized carbons (Fsp3) is 0.231. The molecule has 0 unspecified atom stereocenters. The molecule has 0 atom stereocenters. The zero-order valence-electron chi connectivity index (χ0n) is 11.3. The molecular formula is C13H13BrClNO3S2. The van der Waals surface area contributed by atoms with Crippen LogP contribution in [-0.4, -0.2) is 15.0 Å². The largest absolute Gasteiger partial charge is 0.492 e. The third-order valence-electron chi connectivity index (χ3n) is 2.57. The van der Waals surface area contributed by atoms with Crippen molar-refractivity contribution < 1.29 is 13.2 Å². The SMILES string of the molecule is CCOc1cc(C)ccc1NS(=O)(=O)c1cc(Cl)c(Br)s1. The lowest BCUT2D eigenvalue weighted by molar-refractivity contribution is 0.342. The molecule has 0 aliphatic heterocycles. The first-order valence-corrected chi connectivity index (χ1v) is 9.51. The minimum atomic E-state index is -3.69. The summed E-state index contributed by atoms with van der Waals surface area (Å²) >= 11 is 10.2. The van der Waals surface area contributed by atoms with Crippen molar-refractivity contribution in [3.05, 3.63) is 38.6 Å². The van der Waals surface area contributed by atoms with Crippen molar-refractivity contribution in [2.24, 2.45) is 0 Å². The monoisotopic (exact) mass is 409 g/mol. The van der Waals surface area contributed by atoms with Crippen LogP contribution in [0.15, 0.2) is 32.3 Å². The van der Waals surface area contributed by atoms with Gasteiger partial charge in [0.25, 0.3) is 10.0 Å². The van der Waals surface area contributed by atoms with Gasteiger partial charge in [0, 0.05) is 0 Å². The van der Waals surface area contributed by atoms with E-state index in [-0.39, 0.29) is 4.21 Å². The maximum absolute atomic E-state index is 12.4. The molecule has 1 aromatic carbocycles. The van der Waals surface area contributed by atoms with Gasteiger partial charge in [0.05, 0.1) is 21.1 Å². The maximum Gasteiger partial charge on any atom is 0.271 e. The molecular weight excluding hydrogens is 398 g/mol. The van der Waals surface area contributed by atoms with Crippen molar-refractivity contribution in [2.45, 2.75) is 18.1 Å². The number of ether oxygens (including phenoxy) is 1. The first-order valence-electron chi connectivity index (χ1n) is 6.04. The molecule has 0 bridgehead atoms. The summed E-state index contributed by atoms with van der Waals surface area (Å²) in [6, 6.07) is 6.70. The van der Waals surface area contributed by atoms with E-state index in [1.807, 2.05) is 19.9 Å². The molecule has 0 aliphatic carbocycles. The summed E-state index contributed by atoms with van der Waals surface area (Å²) in [5.74, 6) is 0.503. The van der Waals surface area contributed by atoms with Crippen LogP contribution in [0.2, 0.25) is 5.02 Å². The van der Waals surface area contributed by atoms with E-state index in [9.17, 15) is 8.42 Å². The average Bonchev–Trinajstić information content (AvgIpc) is 2.74. The molecule has 2 aromatic rings. The standard InChI is InChI=1S/C13H13BrClNO3S2/c1-3-19-11-6-8(2)4-5-10(11)16-21(17,18)12-7-9(15)13(14)20-12/h4-7,16H,3H2,1-2H3. The van der Waals surface area contributed by atoms with Crippen molar-refractivity contribution >= 4 is 54.6 Å². The summed E-state index contributed by atoms with van der Waals surface area (Å²) in [4.78, 5) is 0. The van der Waals surface area contributed by atoms with Crippen LogP contribution in [0.4, 0.5) is 5.69 Å². The number of hydrogen-bond donors (Lipinski definition) is 1. The van der Waals surface area contributed by atoms with E-state index >= 15 is 0 Å². The topological polar surface area (TPSA) is 55.4 Å². The molecule has 21 heavy (non-hydrogen) atoms. The van der Waals surface area contributed by atoms with Crippen LogP contribution in [-0.2, 0) is 10.0 Å². The molecule has 2 rings (SSSR count). The van der Waals surface area contributed by atoms with E-state index in [1.165, 1.54) is 6.07 Å². The number of sulfonamides is 1. The minimum Gasteiger partial charge on any atom is -0.492 e. The fourth-order valence-electron chi connectivity index (χ4n) is 1.64. The van der Waals surface area contributed by atoms with Crippen LogP contribution in [0.25, 0.3) is 0 Å². The lowest BCUT2D eigenvalue weighted by Gasteiger charge is -2.12. The van der Waals surface area contributed by atoms with E-state index in [4.69, 9.17) is 16.3 Å². The normalized spacial score (nSPS) is 11.4. The van der Waals surface area contributed by atoms with Crippen molar-refractivity contribution in [1.29, 1.82) is 0 Å². The van der Waals surface area contributed by atoms with Crippen LogP contribution in [0.1, 0.15) is 12.5 Å². The number of hydrogen-bond acceptors (Lipinski definition) is 4. The van der Waals surface area contributed by atoms with Crippen LogP contribution >= 0.6 is 38.9 Å². The predicted molar refractivity (Wildman–Crippen MR) is 90.2 cm³/mol. The molecule has 4 nitrogen and oxygen atoms in total. The second-order valence-corrected chi connectivity index (χ2v) is 8.91. The van der Waals surface area contributed by atoms with Crippen LogP contribution in [0, 0.1) is 6.92 Å². The Morgan fingerprint density at radius 2 is 2.10 bits per heavy atom. The van der Waals surface area contributed by atoms with Crippen molar-refractivity contribution in [2.75, 3.05) is 11.3 Å². The Hall–Kier alpha value is -0.760. The van der Waals surface area contributed by atoms with E-state index in [0.717, 1.165) is 16.9 Å². The van der Waals surface area contributed by atoms with Gasteiger partial charge in [-0.3, -0.25) is 4.72 Å². The number of thiophene rings is 1. The van der Waals surface area contributed by atoms with Crippen molar-refractivity contribution in [3.8, 4) is 5.75 Å². The molecule has 0 aliphatic rings. The van der Waals surface area contributed by atoms with Crippen molar-refractivity contribution in [1.82, 2.24) is 0 Å². The summed E-state index contributed by atoms with van der Waals surface area (Å²) in [7, 11) is -3.69. The van der Waals surface area contributed by atoms with Crippen LogP contribution in [0.3, 0.4) is 0 Å². The molecule has 1 aromatic heterocycles. The maximum atomic E-state index is 12.4. The molecule has 1 N–H and O–H groups in total. The highest BCUT2D eigenvalue weighted by atomic mass is 79.9. The van der Waals surface area contributed by atoms with E-state index in [2.05, 4.69) is 20.7 Å². The minimum absolute atomic E-state index is 0.141. The smallest absolute Gasteiger partial charge is 0.271 e. The van der Waals surface area contributed by atoms with Gasteiger partial charge in [-0.15, -0.1) is 11.3 Å². The number of rotatable bonds is 5. The van der Waals surface area contributed by atoms with E-state index < -0.39 is 10.0 Å². The van der Waals surface area contributed by atoms with E-state index in [1.54, 1.807) is 12.1 Å². The Balaban J connectivity index is 2.36. The Morgan fingerprint density at radius 1 is 1.38 bits per heavy atom. The highest BCUT2D eigenvalue weighted by molar-refractivity contribution is 9.11. The zero-order valence-corrected chi connectivity index (χ0v) is 15.3. The Labute approximate surface area is 141 Å². The summed E-state index contributed by atoms with van der Waals surface area (Å²) in [6.45, 7) is 4.21. The quantitative estimate of drug-likeness (QED) is 0.779. The predicted octanol–water partition coefficient (Wildman–Crippen LogP) is 4.67. The van der Waals surface area contributed by atoms with Crippen LogP contribution in [0.5, 0.6) is 5.75 Å². The van der Waals surface area contributed by atoms with Gasteiger partial charge >= 0.3 is 0 Å². The highest BCUT2D eigenvalue weighted by Crippen LogP contribution is 2.36. The first kappa shape index (κ1) is 16.6. The molecule has 0 saturated heterocycles. The molecule has 0 fully saturated rings. The third kappa shape index (κ3) is 3.91. The number of aryl methyl sites for hydroxylation is 1. The van der Waals surface area contributed by atoms with Gasteiger partial charge in [-0.05, 0) is 53.5 Å². The molecule has 0 radical (unpaired) electrons. The van der Waals surface area contributed by atoms with Gasteiger partial charge in [-0.25, -0.2) is 8.42 Å².